The first-order valence-electron chi connectivity index (χ1n) is 7.69. The van der Waals surface area contributed by atoms with Crippen LogP contribution in [0.3, 0.4) is 0 Å². The molecule has 0 radical (unpaired) electrons. The molecule has 5 nitrogen and oxygen atoms in total. The summed E-state index contributed by atoms with van der Waals surface area (Å²) < 4.78 is 0. The Hall–Kier alpha value is -2.34. The highest BCUT2D eigenvalue weighted by Crippen LogP contribution is 2.28. The second kappa shape index (κ2) is 7.97. The number of carbonyl (C=O) groups excluding carboxylic acids is 1. The Morgan fingerprint density at radius 1 is 1.08 bits per heavy atom. The number of carbonyl (C=O) groups is 1. The van der Waals surface area contributed by atoms with Crippen molar-refractivity contribution in [3.05, 3.63) is 64.2 Å². The number of hydrogen-bond acceptors (Lipinski definition) is 4. The van der Waals surface area contributed by atoms with Crippen molar-refractivity contribution in [1.82, 2.24) is 0 Å². The smallest absolute Gasteiger partial charge is 0.292 e. The Morgan fingerprint density at radius 3 is 2.29 bits per heavy atom. The normalized spacial score (nSPS) is 12.0. The summed E-state index contributed by atoms with van der Waals surface area (Å²) in [6.45, 7) is 6.04. The van der Waals surface area contributed by atoms with E-state index in [2.05, 4.69) is 31.3 Å². The molecule has 1 atom stereocenters. The first-order chi connectivity index (χ1) is 11.4. The maximum Gasteiger partial charge on any atom is 0.292 e. The van der Waals surface area contributed by atoms with Gasteiger partial charge in [-0.25, -0.2) is 0 Å². The quantitative estimate of drug-likeness (QED) is 0.462. The van der Waals surface area contributed by atoms with Crippen LogP contribution in [0.15, 0.2) is 53.4 Å². The van der Waals surface area contributed by atoms with Crippen molar-refractivity contribution in [2.75, 3.05) is 5.32 Å². The van der Waals surface area contributed by atoms with Crippen molar-refractivity contribution in [3.8, 4) is 0 Å². The van der Waals surface area contributed by atoms with Crippen molar-refractivity contribution >= 4 is 29.0 Å². The van der Waals surface area contributed by atoms with Gasteiger partial charge in [-0.1, -0.05) is 38.1 Å². The van der Waals surface area contributed by atoms with E-state index in [1.807, 2.05) is 12.1 Å². The van der Waals surface area contributed by atoms with Crippen LogP contribution in [0.4, 0.5) is 11.4 Å². The Morgan fingerprint density at radius 2 is 1.71 bits per heavy atom. The van der Waals surface area contributed by atoms with E-state index in [9.17, 15) is 14.9 Å². The molecule has 2 rings (SSSR count). The molecule has 126 valence electrons. The van der Waals surface area contributed by atoms with E-state index in [1.54, 1.807) is 19.1 Å². The predicted molar refractivity (Wildman–Crippen MR) is 97.6 cm³/mol. The first-order valence-corrected chi connectivity index (χ1v) is 8.57. The lowest BCUT2D eigenvalue weighted by molar-refractivity contribution is -0.383. The Bertz CT molecular complexity index is 729. The van der Waals surface area contributed by atoms with E-state index < -0.39 is 4.92 Å². The molecule has 1 N–H and O–H groups in total. The minimum Gasteiger partial charge on any atom is -0.319 e. The van der Waals surface area contributed by atoms with Crippen LogP contribution < -0.4 is 5.32 Å². The third-order valence-corrected chi connectivity index (χ3v) is 4.70. The highest BCUT2D eigenvalue weighted by Gasteiger charge is 2.19. The second-order valence-corrected chi connectivity index (χ2v) is 7.16. The summed E-state index contributed by atoms with van der Waals surface area (Å²) in [5.41, 5.74) is 1.36. The van der Waals surface area contributed by atoms with Gasteiger partial charge in [-0.2, -0.15) is 0 Å². The Balaban J connectivity index is 2.03. The highest BCUT2D eigenvalue weighted by atomic mass is 32.2. The number of nitro groups is 1. The van der Waals surface area contributed by atoms with E-state index in [-0.39, 0.29) is 22.5 Å². The summed E-state index contributed by atoms with van der Waals surface area (Å²) in [5, 5.41) is 13.3. The van der Waals surface area contributed by atoms with Gasteiger partial charge in [0.15, 0.2) is 0 Å². The molecule has 0 fully saturated rings. The molecule has 0 aromatic heterocycles. The largest absolute Gasteiger partial charge is 0.319 e. The van der Waals surface area contributed by atoms with Crippen molar-refractivity contribution in [1.29, 1.82) is 0 Å². The van der Waals surface area contributed by atoms with Gasteiger partial charge in [0.1, 0.15) is 5.69 Å². The number of para-hydroxylation sites is 2. The van der Waals surface area contributed by atoms with Crippen molar-refractivity contribution in [2.45, 2.75) is 36.8 Å². The minimum absolute atomic E-state index is 0.107. The number of anilines is 1. The van der Waals surface area contributed by atoms with Gasteiger partial charge >= 0.3 is 0 Å². The summed E-state index contributed by atoms with van der Waals surface area (Å²) in [6.07, 6.45) is 0. The van der Waals surface area contributed by atoms with Gasteiger partial charge in [0, 0.05) is 11.0 Å². The van der Waals surface area contributed by atoms with Gasteiger partial charge in [-0.3, -0.25) is 14.9 Å². The number of benzene rings is 2. The summed E-state index contributed by atoms with van der Waals surface area (Å²) in [5.74, 6) is 0.200. The zero-order valence-electron chi connectivity index (χ0n) is 13.9. The van der Waals surface area contributed by atoms with Crippen LogP contribution in [0.25, 0.3) is 0 Å². The number of nitrogens with zero attached hydrogens (tertiary/aromatic N) is 1. The summed E-state index contributed by atoms with van der Waals surface area (Å²) in [6, 6.07) is 14.2. The Kier molecular flexibility index (Phi) is 5.98. The predicted octanol–water partition coefficient (Wildman–Crippen LogP) is 4.84. The minimum atomic E-state index is -0.502. The van der Waals surface area contributed by atoms with Crippen LogP contribution in [-0.2, 0) is 4.79 Å². The molecule has 0 bridgehead atoms. The molecule has 0 aliphatic heterocycles. The summed E-state index contributed by atoms with van der Waals surface area (Å²) in [4.78, 5) is 23.8. The highest BCUT2D eigenvalue weighted by molar-refractivity contribution is 8.00. The average Bonchev–Trinajstić information content (AvgIpc) is 2.55. The fourth-order valence-corrected chi connectivity index (χ4v) is 3.03. The Labute approximate surface area is 145 Å². The number of nitrogens with one attached hydrogen (secondary N) is 1. The fourth-order valence-electron chi connectivity index (χ4n) is 2.16. The molecule has 2 aromatic rings. The lowest BCUT2D eigenvalue weighted by atomic mass is 10.0. The number of thioether (sulfide) groups is 1. The second-order valence-electron chi connectivity index (χ2n) is 5.75. The van der Waals surface area contributed by atoms with E-state index in [0.717, 1.165) is 4.90 Å². The maximum atomic E-state index is 12.3. The standard InChI is InChI=1S/C18H20N2O3S/c1-12(2)14-8-10-15(11-9-14)24-13(3)18(21)19-16-6-4-5-7-17(16)20(22)23/h4-13H,1-3H3,(H,19,21). The van der Waals surface area contributed by atoms with Crippen molar-refractivity contribution in [3.63, 3.8) is 0 Å². The molecule has 1 unspecified atom stereocenters. The topological polar surface area (TPSA) is 72.2 Å². The van der Waals surface area contributed by atoms with E-state index in [1.165, 1.54) is 29.5 Å². The van der Waals surface area contributed by atoms with Gasteiger partial charge < -0.3 is 5.32 Å². The van der Waals surface area contributed by atoms with Crippen molar-refractivity contribution in [2.24, 2.45) is 0 Å². The number of hydrogen-bond donors (Lipinski definition) is 1. The van der Waals surface area contributed by atoms with E-state index in [4.69, 9.17) is 0 Å². The number of amides is 1. The zero-order valence-corrected chi connectivity index (χ0v) is 14.7. The van der Waals surface area contributed by atoms with Gasteiger partial charge in [-0.05, 0) is 36.6 Å². The lowest BCUT2D eigenvalue weighted by Gasteiger charge is -2.13. The SMILES string of the molecule is CC(Sc1ccc(C(C)C)cc1)C(=O)Nc1ccccc1[N+](=O)[O-]. The van der Waals surface area contributed by atoms with Crippen LogP contribution in [0.1, 0.15) is 32.3 Å². The van der Waals surface area contributed by atoms with E-state index >= 15 is 0 Å². The lowest BCUT2D eigenvalue weighted by Crippen LogP contribution is -2.22. The zero-order chi connectivity index (χ0) is 17.7. The molecular weight excluding hydrogens is 324 g/mol. The van der Waals surface area contributed by atoms with Crippen LogP contribution in [0, 0.1) is 10.1 Å². The first kappa shape index (κ1) is 18.0. The summed E-state index contributed by atoms with van der Waals surface area (Å²) >= 11 is 1.42. The van der Waals surface area contributed by atoms with Crippen LogP contribution in [0.5, 0.6) is 0 Å². The van der Waals surface area contributed by atoms with Gasteiger partial charge in [0.25, 0.3) is 5.69 Å². The van der Waals surface area contributed by atoms with Crippen molar-refractivity contribution < 1.29 is 9.72 Å². The molecule has 1 amide bonds. The molecule has 0 saturated carbocycles. The molecule has 0 spiro atoms. The average molecular weight is 344 g/mol. The van der Waals surface area contributed by atoms with Crippen LogP contribution in [0.2, 0.25) is 0 Å². The molecule has 0 aliphatic rings. The van der Waals surface area contributed by atoms with Gasteiger partial charge in [0.05, 0.1) is 10.2 Å². The molecule has 2 aromatic carbocycles. The van der Waals surface area contributed by atoms with Crippen LogP contribution >= 0.6 is 11.8 Å². The number of rotatable bonds is 6. The van der Waals surface area contributed by atoms with Crippen LogP contribution in [-0.4, -0.2) is 16.1 Å². The van der Waals surface area contributed by atoms with Gasteiger partial charge in [0.2, 0.25) is 5.91 Å². The van der Waals surface area contributed by atoms with E-state index in [0.29, 0.717) is 5.92 Å². The molecular formula is C18H20N2O3S. The third kappa shape index (κ3) is 4.58. The molecule has 24 heavy (non-hydrogen) atoms. The third-order valence-electron chi connectivity index (χ3n) is 3.59. The monoisotopic (exact) mass is 344 g/mol. The fraction of sp³-hybridized carbons (Fsp3) is 0.278. The number of nitro benzene ring substituents is 1. The maximum absolute atomic E-state index is 12.3. The molecule has 0 aliphatic carbocycles. The summed E-state index contributed by atoms with van der Waals surface area (Å²) in [7, 11) is 0. The van der Waals surface area contributed by atoms with Gasteiger partial charge in [-0.15, -0.1) is 11.8 Å². The molecule has 0 saturated heterocycles. The molecule has 0 heterocycles. The molecule has 6 heteroatoms.